The van der Waals surface area contributed by atoms with Gasteiger partial charge in [0.25, 0.3) is 0 Å². The van der Waals surface area contributed by atoms with Crippen LogP contribution in [-0.2, 0) is 0 Å². The molecular formula is C14H19BrClN. The van der Waals surface area contributed by atoms with Crippen LogP contribution >= 0.6 is 27.5 Å². The molecule has 0 bridgehead atoms. The molecule has 0 atom stereocenters. The van der Waals surface area contributed by atoms with Crippen molar-refractivity contribution >= 4 is 33.6 Å². The predicted molar refractivity (Wildman–Crippen MR) is 80.6 cm³/mol. The lowest BCUT2D eigenvalue weighted by molar-refractivity contribution is 0.445. The van der Waals surface area contributed by atoms with Crippen molar-refractivity contribution in [1.29, 1.82) is 0 Å². The zero-order valence-corrected chi connectivity index (χ0v) is 13.1. The number of benzene rings is 1. The van der Waals surface area contributed by atoms with Gasteiger partial charge in [-0.25, -0.2) is 0 Å². The van der Waals surface area contributed by atoms with E-state index in [1.807, 2.05) is 12.1 Å². The summed E-state index contributed by atoms with van der Waals surface area (Å²) in [7, 11) is 0. The summed E-state index contributed by atoms with van der Waals surface area (Å²) < 4.78 is 0.932. The van der Waals surface area contributed by atoms with Crippen LogP contribution in [-0.4, -0.2) is 12.1 Å². The summed E-state index contributed by atoms with van der Waals surface area (Å²) in [5, 5.41) is 4.20. The summed E-state index contributed by atoms with van der Waals surface area (Å²) in [6, 6.07) is 5.99. The Labute approximate surface area is 117 Å². The predicted octanol–water partition coefficient (Wildman–Crippen LogP) is 4.89. The standard InChI is InChI=1S/C14H19BrClN/c1-10(9-17-14(2,3)4)7-11-5-6-12(15)13(16)8-11/h5-8,17H,9H2,1-4H3/b10-7-. The first kappa shape index (κ1) is 14.7. The molecule has 1 aromatic rings. The number of rotatable bonds is 3. The number of nitrogens with one attached hydrogen (secondary N) is 1. The van der Waals surface area contributed by atoms with Gasteiger partial charge in [0.05, 0.1) is 5.02 Å². The van der Waals surface area contributed by atoms with Crippen molar-refractivity contribution in [2.75, 3.05) is 6.54 Å². The quantitative estimate of drug-likeness (QED) is 0.837. The van der Waals surface area contributed by atoms with Gasteiger partial charge in [0.1, 0.15) is 0 Å². The van der Waals surface area contributed by atoms with Crippen molar-refractivity contribution in [3.05, 3.63) is 38.8 Å². The average Bonchev–Trinajstić information content (AvgIpc) is 2.20. The van der Waals surface area contributed by atoms with E-state index >= 15 is 0 Å². The Morgan fingerprint density at radius 2 is 2.06 bits per heavy atom. The van der Waals surface area contributed by atoms with Crippen LogP contribution in [0.2, 0.25) is 5.02 Å². The van der Waals surface area contributed by atoms with Gasteiger partial charge in [-0.1, -0.05) is 29.3 Å². The third-order valence-electron chi connectivity index (χ3n) is 2.25. The normalized spacial score (nSPS) is 12.9. The van der Waals surface area contributed by atoms with Crippen molar-refractivity contribution in [1.82, 2.24) is 5.32 Å². The third-order valence-corrected chi connectivity index (χ3v) is 3.49. The number of hydrogen-bond donors (Lipinski definition) is 1. The van der Waals surface area contributed by atoms with E-state index in [1.54, 1.807) is 0 Å². The van der Waals surface area contributed by atoms with Crippen molar-refractivity contribution in [2.45, 2.75) is 33.2 Å². The maximum absolute atomic E-state index is 6.06. The minimum absolute atomic E-state index is 0.145. The second kappa shape index (κ2) is 6.03. The fourth-order valence-electron chi connectivity index (χ4n) is 1.34. The van der Waals surface area contributed by atoms with Crippen molar-refractivity contribution < 1.29 is 0 Å². The lowest BCUT2D eigenvalue weighted by Gasteiger charge is -2.20. The topological polar surface area (TPSA) is 12.0 Å². The molecular weight excluding hydrogens is 298 g/mol. The lowest BCUT2D eigenvalue weighted by Crippen LogP contribution is -2.36. The van der Waals surface area contributed by atoms with E-state index < -0.39 is 0 Å². The highest BCUT2D eigenvalue weighted by Crippen LogP contribution is 2.24. The highest BCUT2D eigenvalue weighted by Gasteiger charge is 2.07. The molecule has 1 aromatic carbocycles. The maximum Gasteiger partial charge on any atom is 0.0554 e. The van der Waals surface area contributed by atoms with E-state index in [4.69, 9.17) is 11.6 Å². The Hall–Kier alpha value is -0.310. The summed E-state index contributed by atoms with van der Waals surface area (Å²) in [5.41, 5.74) is 2.57. The molecule has 1 nitrogen and oxygen atoms in total. The van der Waals surface area contributed by atoms with E-state index in [1.165, 1.54) is 5.57 Å². The van der Waals surface area contributed by atoms with E-state index in [0.29, 0.717) is 0 Å². The molecule has 0 aliphatic heterocycles. The molecule has 1 rings (SSSR count). The molecule has 0 saturated heterocycles. The molecule has 1 N–H and O–H groups in total. The molecule has 0 aromatic heterocycles. The molecule has 0 aliphatic rings. The van der Waals surface area contributed by atoms with Crippen molar-refractivity contribution in [2.24, 2.45) is 0 Å². The van der Waals surface area contributed by atoms with Crippen LogP contribution in [0.4, 0.5) is 0 Å². The van der Waals surface area contributed by atoms with Crippen LogP contribution in [0.1, 0.15) is 33.3 Å². The summed E-state index contributed by atoms with van der Waals surface area (Å²) in [6.07, 6.45) is 2.15. The summed E-state index contributed by atoms with van der Waals surface area (Å²) in [6.45, 7) is 9.50. The fourth-order valence-corrected chi connectivity index (χ4v) is 1.78. The van der Waals surface area contributed by atoms with E-state index in [0.717, 1.165) is 21.6 Å². The smallest absolute Gasteiger partial charge is 0.0554 e. The highest BCUT2D eigenvalue weighted by atomic mass is 79.9. The minimum atomic E-state index is 0.145. The van der Waals surface area contributed by atoms with Gasteiger partial charge in [-0.15, -0.1) is 0 Å². The molecule has 0 spiro atoms. The average molecular weight is 317 g/mol. The largest absolute Gasteiger partial charge is 0.308 e. The summed E-state index contributed by atoms with van der Waals surface area (Å²) in [5.74, 6) is 0. The lowest BCUT2D eigenvalue weighted by atomic mass is 10.1. The van der Waals surface area contributed by atoms with Crippen LogP contribution in [0.15, 0.2) is 28.2 Å². The molecule has 0 aliphatic carbocycles. The molecule has 0 saturated carbocycles. The molecule has 0 amide bonds. The number of halogens is 2. The van der Waals surface area contributed by atoms with Crippen LogP contribution in [0, 0.1) is 0 Å². The Kier molecular flexibility index (Phi) is 5.23. The van der Waals surface area contributed by atoms with E-state index in [9.17, 15) is 0 Å². The first-order valence-corrected chi connectivity index (χ1v) is 6.82. The number of hydrogen-bond acceptors (Lipinski definition) is 1. The van der Waals surface area contributed by atoms with Gasteiger partial charge in [0.15, 0.2) is 0 Å². The molecule has 17 heavy (non-hydrogen) atoms. The molecule has 0 radical (unpaired) electrons. The molecule has 0 fully saturated rings. The molecule has 94 valence electrons. The first-order valence-electron chi connectivity index (χ1n) is 5.65. The Morgan fingerprint density at radius 3 is 2.59 bits per heavy atom. The first-order chi connectivity index (χ1) is 7.78. The Bertz CT molecular complexity index is 419. The third kappa shape index (κ3) is 5.71. The summed E-state index contributed by atoms with van der Waals surface area (Å²) in [4.78, 5) is 0. The molecule has 3 heteroatoms. The van der Waals surface area contributed by atoms with Gasteiger partial charge in [-0.05, 0) is 61.3 Å². The monoisotopic (exact) mass is 315 g/mol. The van der Waals surface area contributed by atoms with Crippen LogP contribution in [0.25, 0.3) is 6.08 Å². The van der Waals surface area contributed by atoms with Crippen molar-refractivity contribution in [3.63, 3.8) is 0 Å². The molecule has 0 heterocycles. The van der Waals surface area contributed by atoms with Gasteiger partial charge >= 0.3 is 0 Å². The van der Waals surface area contributed by atoms with Crippen molar-refractivity contribution in [3.8, 4) is 0 Å². The zero-order chi connectivity index (χ0) is 13.1. The van der Waals surface area contributed by atoms with Crippen LogP contribution in [0.5, 0.6) is 0 Å². The molecule has 0 unspecified atom stereocenters. The van der Waals surface area contributed by atoms with Gasteiger partial charge in [-0.2, -0.15) is 0 Å². The van der Waals surface area contributed by atoms with Gasteiger partial charge in [0.2, 0.25) is 0 Å². The Balaban J connectivity index is 2.71. The van der Waals surface area contributed by atoms with Crippen LogP contribution in [0.3, 0.4) is 0 Å². The summed E-state index contributed by atoms with van der Waals surface area (Å²) >= 11 is 9.44. The Morgan fingerprint density at radius 1 is 1.41 bits per heavy atom. The zero-order valence-electron chi connectivity index (χ0n) is 10.8. The van der Waals surface area contributed by atoms with E-state index in [-0.39, 0.29) is 5.54 Å². The maximum atomic E-state index is 6.06. The SMILES string of the molecule is C/C(=C/c1ccc(Br)c(Cl)c1)CNC(C)(C)C. The minimum Gasteiger partial charge on any atom is -0.308 e. The van der Waals surface area contributed by atoms with Gasteiger partial charge < -0.3 is 5.32 Å². The van der Waals surface area contributed by atoms with Gasteiger partial charge in [0, 0.05) is 16.6 Å². The second-order valence-electron chi connectivity index (χ2n) is 5.27. The van der Waals surface area contributed by atoms with Gasteiger partial charge in [-0.3, -0.25) is 0 Å². The second-order valence-corrected chi connectivity index (χ2v) is 6.53. The fraction of sp³-hybridized carbons (Fsp3) is 0.429. The highest BCUT2D eigenvalue weighted by molar-refractivity contribution is 9.10. The van der Waals surface area contributed by atoms with E-state index in [2.05, 4.69) is 61.1 Å². The van der Waals surface area contributed by atoms with Crippen LogP contribution < -0.4 is 5.32 Å².